The van der Waals surface area contributed by atoms with Crippen molar-refractivity contribution in [2.45, 2.75) is 25.8 Å². The Morgan fingerprint density at radius 3 is 2.58 bits per heavy atom. The van der Waals surface area contributed by atoms with E-state index in [2.05, 4.69) is 22.0 Å². The Kier molecular flexibility index (Phi) is 5.51. The quantitative estimate of drug-likeness (QED) is 0.830. The van der Waals surface area contributed by atoms with Crippen molar-refractivity contribution in [1.82, 2.24) is 10.2 Å². The molecule has 0 saturated carbocycles. The van der Waals surface area contributed by atoms with Crippen LogP contribution >= 0.6 is 11.6 Å². The molecule has 6 nitrogen and oxygen atoms in total. The Balaban J connectivity index is 1.51. The van der Waals surface area contributed by atoms with Crippen LogP contribution in [0.2, 0.25) is 5.02 Å². The summed E-state index contributed by atoms with van der Waals surface area (Å²) in [6.07, 6.45) is 0.489. The van der Waals surface area contributed by atoms with Crippen LogP contribution in [0.25, 0.3) is 0 Å². The van der Waals surface area contributed by atoms with E-state index in [-0.39, 0.29) is 17.4 Å². The highest BCUT2D eigenvalue weighted by atomic mass is 35.5. The maximum atomic E-state index is 12.4. The lowest BCUT2D eigenvalue weighted by Gasteiger charge is -2.37. The highest BCUT2D eigenvalue weighted by Crippen LogP contribution is 2.25. The second kappa shape index (κ2) is 7.37. The molecule has 0 aliphatic carbocycles. The first-order valence-corrected chi connectivity index (χ1v) is 11.1. The number of sulfone groups is 1. The molecule has 1 atom stereocenters. The van der Waals surface area contributed by atoms with Crippen LogP contribution < -0.4 is 10.2 Å². The molecule has 0 spiro atoms. The van der Waals surface area contributed by atoms with Crippen molar-refractivity contribution in [1.29, 1.82) is 0 Å². The third kappa shape index (κ3) is 4.69. The van der Waals surface area contributed by atoms with E-state index in [1.165, 1.54) is 5.56 Å². The molecule has 2 aliphatic rings. The Morgan fingerprint density at radius 2 is 1.96 bits per heavy atom. The maximum Gasteiger partial charge on any atom is 0.234 e. The summed E-state index contributed by atoms with van der Waals surface area (Å²) in [5.41, 5.74) is 1.71. The predicted octanol–water partition coefficient (Wildman–Crippen LogP) is 1.46. The molecule has 26 heavy (non-hydrogen) atoms. The molecule has 2 saturated heterocycles. The summed E-state index contributed by atoms with van der Waals surface area (Å²) < 4.78 is 23.3. The van der Waals surface area contributed by atoms with Gasteiger partial charge >= 0.3 is 0 Å². The van der Waals surface area contributed by atoms with E-state index in [1.807, 2.05) is 25.1 Å². The number of benzene rings is 1. The number of nitrogens with zero attached hydrogens (tertiary/aromatic N) is 2. The minimum Gasteiger partial charge on any atom is -0.369 e. The average molecular weight is 400 g/mol. The van der Waals surface area contributed by atoms with Gasteiger partial charge in [0, 0.05) is 36.9 Å². The topological polar surface area (TPSA) is 69.7 Å². The molecule has 3 rings (SSSR count). The monoisotopic (exact) mass is 399 g/mol. The summed E-state index contributed by atoms with van der Waals surface area (Å²) in [7, 11) is -3.02. The standard InChI is InChI=1S/C18H26ClN3O3S/c1-14-3-4-15(19)11-16(14)22-8-6-21(7-9-22)12-17(23)20-18(2)5-10-26(24,25)13-18/h3-4,11H,5-10,12-13H2,1-2H3,(H,20,23)/t18-/m1/s1. The Hall–Kier alpha value is -1.31. The van der Waals surface area contributed by atoms with E-state index < -0.39 is 15.4 Å². The molecule has 8 heteroatoms. The van der Waals surface area contributed by atoms with Gasteiger partial charge in [-0.05, 0) is 38.0 Å². The van der Waals surface area contributed by atoms with Gasteiger partial charge in [0.2, 0.25) is 5.91 Å². The van der Waals surface area contributed by atoms with Gasteiger partial charge in [0.1, 0.15) is 0 Å². The molecular weight excluding hydrogens is 374 g/mol. The van der Waals surface area contributed by atoms with Crippen LogP contribution in [0, 0.1) is 6.92 Å². The van der Waals surface area contributed by atoms with Gasteiger partial charge in [0.15, 0.2) is 9.84 Å². The lowest BCUT2D eigenvalue weighted by atomic mass is 10.0. The fraction of sp³-hybridized carbons (Fsp3) is 0.611. The summed E-state index contributed by atoms with van der Waals surface area (Å²) in [5, 5.41) is 3.66. The molecule has 144 valence electrons. The van der Waals surface area contributed by atoms with Crippen molar-refractivity contribution in [3.05, 3.63) is 28.8 Å². The van der Waals surface area contributed by atoms with Crippen molar-refractivity contribution >= 4 is 33.0 Å². The van der Waals surface area contributed by atoms with Gasteiger partial charge in [-0.2, -0.15) is 0 Å². The molecule has 2 heterocycles. The molecule has 2 fully saturated rings. The van der Waals surface area contributed by atoms with Crippen molar-refractivity contribution in [2.75, 3.05) is 49.1 Å². The van der Waals surface area contributed by atoms with Crippen LogP contribution in [0.4, 0.5) is 5.69 Å². The molecule has 0 aromatic heterocycles. The zero-order valence-corrected chi connectivity index (χ0v) is 16.9. The van der Waals surface area contributed by atoms with E-state index in [0.29, 0.717) is 13.0 Å². The first-order valence-electron chi connectivity index (χ1n) is 8.91. The fourth-order valence-corrected chi connectivity index (χ4v) is 6.02. The Labute approximate surface area is 160 Å². The SMILES string of the molecule is Cc1ccc(Cl)cc1N1CCN(CC(=O)N[C@]2(C)CCS(=O)(=O)C2)CC1. The van der Waals surface area contributed by atoms with E-state index in [4.69, 9.17) is 11.6 Å². The van der Waals surface area contributed by atoms with Crippen molar-refractivity contribution in [3.8, 4) is 0 Å². The Bertz CT molecular complexity index is 791. The second-order valence-electron chi connectivity index (χ2n) is 7.64. The van der Waals surface area contributed by atoms with Gasteiger partial charge in [-0.1, -0.05) is 17.7 Å². The van der Waals surface area contributed by atoms with E-state index >= 15 is 0 Å². The number of anilines is 1. The zero-order chi connectivity index (χ0) is 18.9. The summed E-state index contributed by atoms with van der Waals surface area (Å²) in [5.74, 6) is 0.0895. The van der Waals surface area contributed by atoms with E-state index in [0.717, 1.165) is 36.9 Å². The molecule has 1 aromatic carbocycles. The van der Waals surface area contributed by atoms with Gasteiger partial charge in [0.05, 0.1) is 23.6 Å². The number of carbonyl (C=O) groups excluding carboxylic acids is 1. The number of aryl methyl sites for hydroxylation is 1. The van der Waals surface area contributed by atoms with Crippen LogP contribution in [0.15, 0.2) is 18.2 Å². The van der Waals surface area contributed by atoms with Crippen molar-refractivity contribution < 1.29 is 13.2 Å². The van der Waals surface area contributed by atoms with E-state index in [9.17, 15) is 13.2 Å². The first-order chi connectivity index (χ1) is 12.2. The lowest BCUT2D eigenvalue weighted by Crippen LogP contribution is -2.53. The van der Waals surface area contributed by atoms with Gasteiger partial charge in [-0.15, -0.1) is 0 Å². The summed E-state index contributed by atoms with van der Waals surface area (Å²) in [6.45, 7) is 7.43. The number of halogens is 1. The molecule has 0 radical (unpaired) electrons. The largest absolute Gasteiger partial charge is 0.369 e. The number of nitrogens with one attached hydrogen (secondary N) is 1. The minimum absolute atomic E-state index is 0.0353. The van der Waals surface area contributed by atoms with E-state index in [1.54, 1.807) is 0 Å². The van der Waals surface area contributed by atoms with Gasteiger partial charge < -0.3 is 10.2 Å². The second-order valence-corrected chi connectivity index (χ2v) is 10.3. The number of hydrogen-bond acceptors (Lipinski definition) is 5. The fourth-order valence-electron chi connectivity index (χ4n) is 3.76. The number of hydrogen-bond donors (Lipinski definition) is 1. The van der Waals surface area contributed by atoms with Crippen molar-refractivity contribution in [3.63, 3.8) is 0 Å². The van der Waals surface area contributed by atoms with Crippen LogP contribution in [0.1, 0.15) is 18.9 Å². The Morgan fingerprint density at radius 1 is 1.27 bits per heavy atom. The third-order valence-corrected chi connectivity index (χ3v) is 7.33. The molecular formula is C18H26ClN3O3S. The number of piperazine rings is 1. The first kappa shape index (κ1) is 19.5. The summed E-state index contributed by atoms with van der Waals surface area (Å²) >= 11 is 6.11. The van der Waals surface area contributed by atoms with Crippen molar-refractivity contribution in [2.24, 2.45) is 0 Å². The minimum atomic E-state index is -3.02. The predicted molar refractivity (Wildman–Crippen MR) is 105 cm³/mol. The van der Waals surface area contributed by atoms with Gasteiger partial charge in [-0.3, -0.25) is 9.69 Å². The highest BCUT2D eigenvalue weighted by molar-refractivity contribution is 7.91. The highest BCUT2D eigenvalue weighted by Gasteiger charge is 2.39. The lowest BCUT2D eigenvalue weighted by molar-refractivity contribution is -0.123. The molecule has 1 N–H and O–H groups in total. The maximum absolute atomic E-state index is 12.4. The molecule has 2 aliphatic heterocycles. The van der Waals surface area contributed by atoms with Gasteiger partial charge in [-0.25, -0.2) is 8.42 Å². The summed E-state index contributed by atoms with van der Waals surface area (Å²) in [4.78, 5) is 16.8. The van der Waals surface area contributed by atoms with Crippen LogP contribution in [0.5, 0.6) is 0 Å². The van der Waals surface area contributed by atoms with Crippen LogP contribution in [-0.2, 0) is 14.6 Å². The molecule has 1 aromatic rings. The van der Waals surface area contributed by atoms with Crippen LogP contribution in [-0.4, -0.2) is 69.0 Å². The summed E-state index contributed by atoms with van der Waals surface area (Å²) in [6, 6.07) is 5.90. The number of rotatable bonds is 4. The average Bonchev–Trinajstić information content (AvgIpc) is 2.83. The van der Waals surface area contributed by atoms with Crippen LogP contribution in [0.3, 0.4) is 0 Å². The number of amides is 1. The van der Waals surface area contributed by atoms with Gasteiger partial charge in [0.25, 0.3) is 0 Å². The molecule has 0 bridgehead atoms. The molecule has 0 unspecified atom stereocenters. The smallest absolute Gasteiger partial charge is 0.234 e. The molecule has 1 amide bonds. The number of carbonyl (C=O) groups is 1. The normalized spacial score (nSPS) is 26.0. The zero-order valence-electron chi connectivity index (χ0n) is 15.3. The third-order valence-electron chi connectivity index (χ3n) is 5.20.